The van der Waals surface area contributed by atoms with Crippen LogP contribution in [0.15, 0.2) is 23.1 Å². The average Bonchev–Trinajstić information content (AvgIpc) is 2.35. The molecule has 10 heteroatoms. The van der Waals surface area contributed by atoms with Crippen molar-refractivity contribution in [3.63, 3.8) is 0 Å². The van der Waals surface area contributed by atoms with Crippen LogP contribution in [0.25, 0.3) is 0 Å². The first kappa shape index (κ1) is 15.0. The number of rotatable bonds is 6. The van der Waals surface area contributed by atoms with E-state index in [4.69, 9.17) is 0 Å². The molecular formula is C9H9N2O7S. The maximum absolute atomic E-state index is 11.8. The molecule has 0 heterocycles. The Morgan fingerprint density at radius 2 is 1.74 bits per heavy atom. The topological polar surface area (TPSA) is 140 Å². The second-order valence-corrected chi connectivity index (χ2v) is 5.62. The molecule has 1 rings (SSSR count). The van der Waals surface area contributed by atoms with Crippen molar-refractivity contribution in [3.8, 4) is 0 Å². The zero-order chi connectivity index (χ0) is 14.6. The van der Waals surface area contributed by atoms with E-state index in [1.165, 1.54) is 0 Å². The fourth-order valence-corrected chi connectivity index (χ4v) is 2.83. The number of nitrogens with zero attached hydrogens (tertiary/aromatic N) is 2. The second-order valence-electron chi connectivity index (χ2n) is 3.54. The Morgan fingerprint density at radius 1 is 1.11 bits per heavy atom. The predicted molar refractivity (Wildman–Crippen MR) is 62.0 cm³/mol. The molecule has 1 radical (unpaired) electrons. The lowest BCUT2D eigenvalue weighted by Crippen LogP contribution is -2.10. The monoisotopic (exact) mass is 289 g/mol. The van der Waals surface area contributed by atoms with Crippen molar-refractivity contribution < 1.29 is 23.4 Å². The fourth-order valence-electron chi connectivity index (χ4n) is 1.38. The lowest BCUT2D eigenvalue weighted by molar-refractivity contribution is -0.396. The number of nitro benzene ring substituents is 2. The molecule has 0 aliphatic rings. The summed E-state index contributed by atoms with van der Waals surface area (Å²) in [7, 11) is -4.00. The van der Waals surface area contributed by atoms with Gasteiger partial charge in [0.15, 0.2) is 9.84 Å². The normalized spacial score (nSPS) is 11.2. The standard InChI is InChI=1S/C9H9N2O7S/c12-4-1-5-19(17,18)9-3-2-7(10(13)14)6-8(9)11(15)16/h2-3,6H,1,4-5H2. The predicted octanol–water partition coefficient (Wildman–Crippen LogP) is 1.10. The molecule has 103 valence electrons. The Bertz CT molecular complexity index is 611. The molecule has 0 fully saturated rings. The summed E-state index contributed by atoms with van der Waals surface area (Å²) in [5, 5.41) is 31.6. The van der Waals surface area contributed by atoms with E-state index in [-0.39, 0.29) is 6.42 Å². The van der Waals surface area contributed by atoms with Gasteiger partial charge in [-0.2, -0.15) is 0 Å². The van der Waals surface area contributed by atoms with E-state index < -0.39 is 48.3 Å². The van der Waals surface area contributed by atoms with Crippen molar-refractivity contribution in [2.75, 3.05) is 12.4 Å². The molecule has 9 nitrogen and oxygen atoms in total. The summed E-state index contributed by atoms with van der Waals surface area (Å²) >= 11 is 0. The van der Waals surface area contributed by atoms with Crippen LogP contribution in [0.4, 0.5) is 11.4 Å². The SMILES string of the molecule is [O]CCCS(=O)(=O)c1ccc([N+](=O)[O-])cc1[N+](=O)[O-]. The smallest absolute Gasteiger partial charge is 0.258 e. The molecule has 0 aliphatic carbocycles. The van der Waals surface area contributed by atoms with Gasteiger partial charge in [-0.3, -0.25) is 20.2 Å². The highest BCUT2D eigenvalue weighted by Gasteiger charge is 2.28. The van der Waals surface area contributed by atoms with Crippen molar-refractivity contribution in [1.29, 1.82) is 0 Å². The van der Waals surface area contributed by atoms with Crippen LogP contribution in [-0.4, -0.2) is 30.6 Å². The van der Waals surface area contributed by atoms with Crippen molar-refractivity contribution in [1.82, 2.24) is 0 Å². The molecular weight excluding hydrogens is 280 g/mol. The highest BCUT2D eigenvalue weighted by atomic mass is 32.2. The number of hydrogen-bond donors (Lipinski definition) is 0. The Hall–Kier alpha value is -2.07. The molecule has 1 aromatic rings. The molecule has 0 spiro atoms. The second kappa shape index (κ2) is 5.71. The number of benzene rings is 1. The molecule has 0 aromatic heterocycles. The Kier molecular flexibility index (Phi) is 4.51. The quantitative estimate of drug-likeness (QED) is 0.567. The van der Waals surface area contributed by atoms with Crippen LogP contribution >= 0.6 is 0 Å². The molecule has 0 aliphatic heterocycles. The third-order valence-corrected chi connectivity index (χ3v) is 4.08. The van der Waals surface area contributed by atoms with Crippen LogP contribution in [0.1, 0.15) is 6.42 Å². The van der Waals surface area contributed by atoms with Gasteiger partial charge >= 0.3 is 0 Å². The number of nitro groups is 2. The number of hydrogen-bond acceptors (Lipinski definition) is 6. The van der Waals surface area contributed by atoms with Gasteiger partial charge in [-0.15, -0.1) is 0 Å². The van der Waals surface area contributed by atoms with E-state index in [0.717, 1.165) is 12.1 Å². The van der Waals surface area contributed by atoms with Gasteiger partial charge in [0.2, 0.25) is 0 Å². The Morgan fingerprint density at radius 3 is 2.21 bits per heavy atom. The van der Waals surface area contributed by atoms with Crippen molar-refractivity contribution in [2.45, 2.75) is 11.3 Å². The molecule has 19 heavy (non-hydrogen) atoms. The maximum atomic E-state index is 11.8. The maximum Gasteiger partial charge on any atom is 0.294 e. The van der Waals surface area contributed by atoms with Gasteiger partial charge in [0.05, 0.1) is 28.3 Å². The highest BCUT2D eigenvalue weighted by molar-refractivity contribution is 7.91. The zero-order valence-corrected chi connectivity index (χ0v) is 10.3. The van der Waals surface area contributed by atoms with Gasteiger partial charge < -0.3 is 0 Å². The molecule has 0 bridgehead atoms. The number of non-ortho nitro benzene ring substituents is 1. The van der Waals surface area contributed by atoms with E-state index in [1.54, 1.807) is 0 Å². The van der Waals surface area contributed by atoms with Crippen LogP contribution in [-0.2, 0) is 14.9 Å². The van der Waals surface area contributed by atoms with E-state index in [1.807, 2.05) is 0 Å². The summed E-state index contributed by atoms with van der Waals surface area (Å²) in [4.78, 5) is 18.8. The molecule has 1 aromatic carbocycles. The lowest BCUT2D eigenvalue weighted by Gasteiger charge is -2.04. The first-order valence-corrected chi connectivity index (χ1v) is 6.68. The van der Waals surface area contributed by atoms with E-state index in [9.17, 15) is 33.8 Å². The molecule has 0 saturated heterocycles. The van der Waals surface area contributed by atoms with Crippen LogP contribution < -0.4 is 0 Å². The van der Waals surface area contributed by atoms with E-state index in [0.29, 0.717) is 6.07 Å². The lowest BCUT2D eigenvalue weighted by atomic mass is 10.3. The molecule has 0 saturated carbocycles. The summed E-state index contributed by atoms with van der Waals surface area (Å²) in [5.74, 6) is -0.533. The summed E-state index contributed by atoms with van der Waals surface area (Å²) < 4.78 is 23.6. The summed E-state index contributed by atoms with van der Waals surface area (Å²) in [6, 6.07) is 2.28. The van der Waals surface area contributed by atoms with Crippen LogP contribution in [0.5, 0.6) is 0 Å². The van der Waals surface area contributed by atoms with Gasteiger partial charge in [-0.05, 0) is 12.5 Å². The minimum Gasteiger partial charge on any atom is -0.258 e. The third kappa shape index (κ3) is 3.45. The number of sulfone groups is 1. The van der Waals surface area contributed by atoms with Crippen molar-refractivity contribution in [3.05, 3.63) is 38.4 Å². The minimum absolute atomic E-state index is 0.184. The summed E-state index contributed by atoms with van der Waals surface area (Å²) in [5.41, 5.74) is -1.44. The summed E-state index contributed by atoms with van der Waals surface area (Å²) in [6.45, 7) is -0.625. The van der Waals surface area contributed by atoms with E-state index >= 15 is 0 Å². The van der Waals surface area contributed by atoms with E-state index in [2.05, 4.69) is 0 Å². The Balaban J connectivity index is 3.36. The molecule has 0 atom stereocenters. The first-order valence-electron chi connectivity index (χ1n) is 5.03. The minimum atomic E-state index is -4.00. The first-order chi connectivity index (χ1) is 8.79. The van der Waals surface area contributed by atoms with Crippen molar-refractivity contribution >= 4 is 21.2 Å². The highest BCUT2D eigenvalue weighted by Crippen LogP contribution is 2.29. The van der Waals surface area contributed by atoms with Gasteiger partial charge in [-0.1, -0.05) is 0 Å². The fraction of sp³-hybridized carbons (Fsp3) is 0.333. The summed E-state index contributed by atoms with van der Waals surface area (Å²) in [6.07, 6.45) is -0.184. The van der Waals surface area contributed by atoms with Gasteiger partial charge in [0.1, 0.15) is 4.90 Å². The van der Waals surface area contributed by atoms with Gasteiger partial charge in [0.25, 0.3) is 11.4 Å². The van der Waals surface area contributed by atoms with Crippen LogP contribution in [0.3, 0.4) is 0 Å². The Labute approximate surface area is 107 Å². The van der Waals surface area contributed by atoms with Gasteiger partial charge in [0, 0.05) is 6.07 Å². The molecule has 0 amide bonds. The average molecular weight is 289 g/mol. The van der Waals surface area contributed by atoms with Crippen LogP contribution in [0.2, 0.25) is 0 Å². The third-order valence-electron chi connectivity index (χ3n) is 2.24. The zero-order valence-electron chi connectivity index (χ0n) is 9.51. The molecule has 0 unspecified atom stereocenters. The molecule has 0 N–H and O–H groups in total. The van der Waals surface area contributed by atoms with Crippen molar-refractivity contribution in [2.24, 2.45) is 0 Å². The largest absolute Gasteiger partial charge is 0.294 e. The van der Waals surface area contributed by atoms with Gasteiger partial charge in [-0.25, -0.2) is 13.5 Å². The van der Waals surface area contributed by atoms with Crippen LogP contribution in [0, 0.1) is 20.2 Å².